The Bertz CT molecular complexity index is 460. The first-order valence-electron chi connectivity index (χ1n) is 5.56. The quantitative estimate of drug-likeness (QED) is 0.622. The van der Waals surface area contributed by atoms with Crippen LogP contribution in [0.5, 0.6) is 0 Å². The van der Waals surface area contributed by atoms with Crippen molar-refractivity contribution in [1.29, 1.82) is 0 Å². The lowest BCUT2D eigenvalue weighted by Gasteiger charge is -2.24. The van der Waals surface area contributed by atoms with Crippen LogP contribution in [0.1, 0.15) is 28.4 Å². The minimum atomic E-state index is -4.67. The number of hydrogen-bond donors (Lipinski definition) is 0. The first-order valence-corrected chi connectivity index (χ1v) is 6.10. The van der Waals surface area contributed by atoms with Crippen molar-refractivity contribution in [3.05, 3.63) is 34.4 Å². The lowest BCUT2D eigenvalue weighted by Crippen LogP contribution is -2.28. The van der Waals surface area contributed by atoms with Crippen LogP contribution in [-0.4, -0.2) is 18.0 Å². The van der Waals surface area contributed by atoms with Crippen LogP contribution >= 0.6 is 11.6 Å². The number of carbonyl (C=O) groups excluding carboxylic acids is 1. The Balaban J connectivity index is 3.30. The zero-order valence-corrected chi connectivity index (χ0v) is 11.5. The number of ether oxygens (including phenoxy) is 1. The summed E-state index contributed by atoms with van der Waals surface area (Å²) < 4.78 is 43.6. The van der Waals surface area contributed by atoms with Crippen LogP contribution in [0.25, 0.3) is 0 Å². The van der Waals surface area contributed by atoms with Crippen molar-refractivity contribution in [3.8, 4) is 0 Å². The van der Waals surface area contributed by atoms with Crippen LogP contribution in [0.3, 0.4) is 0 Å². The maximum atomic E-state index is 13.0. The van der Waals surface area contributed by atoms with Gasteiger partial charge in [0.15, 0.2) is 0 Å². The molecule has 0 spiro atoms. The molecule has 0 radical (unpaired) electrons. The Kier molecular flexibility index (Phi) is 4.85. The number of benzene rings is 1. The Morgan fingerprint density at radius 3 is 2.11 bits per heavy atom. The molecule has 0 heterocycles. The maximum absolute atomic E-state index is 13.0. The minimum Gasteiger partial charge on any atom is -0.447 e. The predicted octanol–water partition coefficient (Wildman–Crippen LogP) is 4.00. The van der Waals surface area contributed by atoms with E-state index in [0.29, 0.717) is 11.1 Å². The highest BCUT2D eigenvalue weighted by atomic mass is 35.5. The third-order valence-corrected chi connectivity index (χ3v) is 2.87. The molecule has 6 heteroatoms. The van der Waals surface area contributed by atoms with E-state index in [9.17, 15) is 18.0 Å². The molecule has 1 atom stereocenters. The zero-order valence-electron chi connectivity index (χ0n) is 10.8. The lowest BCUT2D eigenvalue weighted by molar-refractivity contribution is -0.223. The second-order valence-electron chi connectivity index (χ2n) is 4.36. The highest BCUT2D eigenvalue weighted by Crippen LogP contribution is 2.39. The van der Waals surface area contributed by atoms with Gasteiger partial charge in [0.25, 0.3) is 0 Å². The summed E-state index contributed by atoms with van der Waals surface area (Å²) in [5.41, 5.74) is 1.68. The van der Waals surface area contributed by atoms with Gasteiger partial charge in [0.2, 0.25) is 6.10 Å². The van der Waals surface area contributed by atoms with Crippen LogP contribution in [0.15, 0.2) is 12.1 Å². The van der Waals surface area contributed by atoms with Gasteiger partial charge >= 0.3 is 12.1 Å². The fourth-order valence-corrected chi connectivity index (χ4v) is 2.12. The number of aryl methyl sites for hydroxylation is 3. The fourth-order valence-electron chi connectivity index (χ4n) is 2.06. The number of alkyl halides is 4. The van der Waals surface area contributed by atoms with E-state index in [1.165, 1.54) is 0 Å². The van der Waals surface area contributed by atoms with E-state index in [0.717, 1.165) is 5.56 Å². The molecule has 0 saturated carbocycles. The van der Waals surface area contributed by atoms with Crippen molar-refractivity contribution in [2.24, 2.45) is 0 Å². The Morgan fingerprint density at radius 2 is 1.74 bits per heavy atom. The molecule has 106 valence electrons. The molecular weight excluding hydrogens is 281 g/mol. The summed E-state index contributed by atoms with van der Waals surface area (Å²) in [6, 6.07) is 3.24. The van der Waals surface area contributed by atoms with Gasteiger partial charge in [0.1, 0.15) is 5.88 Å². The van der Waals surface area contributed by atoms with E-state index in [-0.39, 0.29) is 5.56 Å². The molecule has 1 aromatic rings. The first-order chi connectivity index (χ1) is 8.66. The van der Waals surface area contributed by atoms with E-state index in [4.69, 9.17) is 11.6 Å². The van der Waals surface area contributed by atoms with Crippen molar-refractivity contribution < 1.29 is 22.7 Å². The summed E-state index contributed by atoms with van der Waals surface area (Å²) in [6.07, 6.45) is -6.95. The SMILES string of the molecule is Cc1cc(C)c([C@@H](OC(=O)CCl)C(F)(F)F)c(C)c1. The lowest BCUT2D eigenvalue weighted by atomic mass is 9.95. The van der Waals surface area contributed by atoms with E-state index in [1.807, 2.05) is 0 Å². The smallest absolute Gasteiger partial charge is 0.429 e. The molecule has 0 unspecified atom stereocenters. The van der Waals surface area contributed by atoms with Crippen LogP contribution < -0.4 is 0 Å². The minimum absolute atomic E-state index is 0.0310. The van der Waals surface area contributed by atoms with Gasteiger partial charge in [0, 0.05) is 5.56 Å². The molecule has 19 heavy (non-hydrogen) atoms. The molecule has 0 aliphatic rings. The van der Waals surface area contributed by atoms with Crippen LogP contribution in [0, 0.1) is 20.8 Å². The van der Waals surface area contributed by atoms with Crippen molar-refractivity contribution in [3.63, 3.8) is 0 Å². The van der Waals surface area contributed by atoms with Crippen molar-refractivity contribution in [2.75, 3.05) is 5.88 Å². The molecule has 0 amide bonds. The standard InChI is InChI=1S/C13H14ClF3O2/c1-7-4-8(2)11(9(3)5-7)12(13(15,16)17)19-10(18)6-14/h4-5,12H,6H2,1-3H3/t12-/m1/s1. The van der Waals surface area contributed by atoms with Gasteiger partial charge in [-0.2, -0.15) is 13.2 Å². The summed E-state index contributed by atoms with van der Waals surface area (Å²) in [7, 11) is 0. The number of carbonyl (C=O) groups is 1. The molecule has 0 saturated heterocycles. The molecule has 0 bridgehead atoms. The summed E-state index contributed by atoms with van der Waals surface area (Å²) in [5, 5.41) is 0. The van der Waals surface area contributed by atoms with Crippen LogP contribution in [0.2, 0.25) is 0 Å². The predicted molar refractivity (Wildman–Crippen MR) is 66.3 cm³/mol. The molecular formula is C13H14ClF3O2. The van der Waals surface area contributed by atoms with Crippen molar-refractivity contribution >= 4 is 17.6 Å². The summed E-state index contributed by atoms with van der Waals surface area (Å²) in [6.45, 7) is 4.91. The molecule has 0 aliphatic heterocycles. The summed E-state index contributed by atoms with van der Waals surface area (Å²) >= 11 is 5.20. The van der Waals surface area contributed by atoms with Crippen LogP contribution in [0.4, 0.5) is 13.2 Å². The normalized spacial score (nSPS) is 13.2. The average Bonchev–Trinajstić information content (AvgIpc) is 2.24. The van der Waals surface area contributed by atoms with E-state index in [2.05, 4.69) is 4.74 Å². The van der Waals surface area contributed by atoms with Gasteiger partial charge in [-0.05, 0) is 31.9 Å². The van der Waals surface area contributed by atoms with Crippen molar-refractivity contribution in [1.82, 2.24) is 0 Å². The Labute approximate surface area is 114 Å². The number of rotatable bonds is 3. The maximum Gasteiger partial charge on any atom is 0.429 e. The third-order valence-electron chi connectivity index (χ3n) is 2.66. The van der Waals surface area contributed by atoms with Crippen LogP contribution in [-0.2, 0) is 9.53 Å². The second-order valence-corrected chi connectivity index (χ2v) is 4.62. The van der Waals surface area contributed by atoms with Gasteiger partial charge in [-0.3, -0.25) is 4.79 Å². The largest absolute Gasteiger partial charge is 0.447 e. The van der Waals surface area contributed by atoms with Gasteiger partial charge in [-0.15, -0.1) is 11.6 Å². The summed E-state index contributed by atoms with van der Waals surface area (Å²) in [4.78, 5) is 11.1. The zero-order chi connectivity index (χ0) is 14.8. The molecule has 0 aromatic heterocycles. The molecule has 1 rings (SSSR count). The van der Waals surface area contributed by atoms with Gasteiger partial charge in [-0.25, -0.2) is 0 Å². The van der Waals surface area contributed by atoms with E-state index < -0.39 is 24.1 Å². The average molecular weight is 295 g/mol. The highest BCUT2D eigenvalue weighted by Gasteiger charge is 2.45. The Morgan fingerprint density at radius 1 is 1.26 bits per heavy atom. The van der Waals surface area contributed by atoms with Gasteiger partial charge in [0.05, 0.1) is 0 Å². The first kappa shape index (κ1) is 15.8. The van der Waals surface area contributed by atoms with Crippen molar-refractivity contribution in [2.45, 2.75) is 33.1 Å². The van der Waals surface area contributed by atoms with E-state index in [1.54, 1.807) is 32.9 Å². The van der Waals surface area contributed by atoms with Gasteiger partial charge in [-0.1, -0.05) is 17.7 Å². The van der Waals surface area contributed by atoms with Gasteiger partial charge < -0.3 is 4.74 Å². The third kappa shape index (κ3) is 3.86. The molecule has 0 fully saturated rings. The number of hydrogen-bond acceptors (Lipinski definition) is 2. The fraction of sp³-hybridized carbons (Fsp3) is 0.462. The highest BCUT2D eigenvalue weighted by molar-refractivity contribution is 6.26. The molecule has 2 nitrogen and oxygen atoms in total. The second kappa shape index (κ2) is 5.82. The molecule has 0 N–H and O–H groups in total. The summed E-state index contributed by atoms with van der Waals surface area (Å²) in [5.74, 6) is -1.71. The number of esters is 1. The number of halogens is 4. The monoisotopic (exact) mass is 294 g/mol. The molecule has 1 aromatic carbocycles. The molecule has 0 aliphatic carbocycles. The Hall–Kier alpha value is -1.23. The van der Waals surface area contributed by atoms with E-state index >= 15 is 0 Å². The topological polar surface area (TPSA) is 26.3 Å².